The Hall–Kier alpha value is -2.65. The molecular formula is C17H16Cl2N6O3. The van der Waals surface area contributed by atoms with Crippen LogP contribution in [-0.4, -0.2) is 40.5 Å². The van der Waals surface area contributed by atoms with Gasteiger partial charge in [0.15, 0.2) is 0 Å². The van der Waals surface area contributed by atoms with Crippen LogP contribution in [0.5, 0.6) is 5.88 Å². The lowest BCUT2D eigenvalue weighted by Gasteiger charge is -2.10. The van der Waals surface area contributed by atoms with E-state index in [1.807, 2.05) is 0 Å². The second kappa shape index (κ2) is 7.06. The minimum atomic E-state index is -0.492. The molecule has 1 fully saturated rings. The first kappa shape index (κ1) is 18.7. The minimum absolute atomic E-state index is 0.0233. The van der Waals surface area contributed by atoms with E-state index in [1.165, 1.54) is 27.7 Å². The second-order valence-corrected chi connectivity index (χ2v) is 7.29. The standard InChI is InChI=1S/C17H16Cl2N6O3/c1-2-23-16(27)11(7-20-23)15(26)10-5-6-13(18)12(14(10)19)8-24-17(28)25(22-21-24)9-3-4-9/h5-7,9,27H,2-4,8H2,1H3. The van der Waals surface area contributed by atoms with E-state index in [4.69, 9.17) is 23.2 Å². The lowest BCUT2D eigenvalue weighted by molar-refractivity contribution is 0.103. The van der Waals surface area contributed by atoms with Gasteiger partial charge in [-0.2, -0.15) is 14.5 Å². The van der Waals surface area contributed by atoms with Crippen molar-refractivity contribution in [1.82, 2.24) is 29.6 Å². The van der Waals surface area contributed by atoms with Gasteiger partial charge >= 0.3 is 5.69 Å². The molecule has 0 saturated heterocycles. The number of rotatable bonds is 6. The Balaban J connectivity index is 1.70. The normalized spacial score (nSPS) is 13.8. The quantitative estimate of drug-likeness (QED) is 0.610. The molecule has 3 aromatic rings. The number of hydrogen-bond donors (Lipinski definition) is 1. The predicted octanol–water partition coefficient (Wildman–Crippen LogP) is 2.28. The molecule has 0 spiro atoms. The van der Waals surface area contributed by atoms with E-state index in [1.54, 1.807) is 6.92 Å². The van der Waals surface area contributed by atoms with Gasteiger partial charge in [-0.25, -0.2) is 9.48 Å². The van der Waals surface area contributed by atoms with Crippen LogP contribution in [0.15, 0.2) is 23.1 Å². The minimum Gasteiger partial charge on any atom is -0.493 e. The van der Waals surface area contributed by atoms with Crippen molar-refractivity contribution in [3.8, 4) is 5.88 Å². The zero-order valence-electron chi connectivity index (χ0n) is 14.8. The summed E-state index contributed by atoms with van der Waals surface area (Å²) in [6, 6.07) is 3.09. The van der Waals surface area contributed by atoms with Gasteiger partial charge in [0.25, 0.3) is 0 Å². The third-order valence-corrected chi connectivity index (χ3v) is 5.43. The van der Waals surface area contributed by atoms with Crippen LogP contribution in [0.3, 0.4) is 0 Å². The number of carbonyl (C=O) groups is 1. The highest BCUT2D eigenvalue weighted by Gasteiger charge is 2.28. The summed E-state index contributed by atoms with van der Waals surface area (Å²) in [5.41, 5.74) is 0.207. The van der Waals surface area contributed by atoms with Crippen molar-refractivity contribution in [2.75, 3.05) is 0 Å². The van der Waals surface area contributed by atoms with Crippen molar-refractivity contribution >= 4 is 29.0 Å². The molecule has 1 aromatic carbocycles. The van der Waals surface area contributed by atoms with Crippen molar-refractivity contribution in [1.29, 1.82) is 0 Å². The summed E-state index contributed by atoms with van der Waals surface area (Å²) in [7, 11) is 0. The van der Waals surface area contributed by atoms with E-state index in [-0.39, 0.29) is 40.3 Å². The van der Waals surface area contributed by atoms with Gasteiger partial charge in [-0.15, -0.1) is 0 Å². The van der Waals surface area contributed by atoms with Gasteiger partial charge in [0.05, 0.1) is 23.8 Å². The van der Waals surface area contributed by atoms with E-state index in [9.17, 15) is 14.7 Å². The SMILES string of the molecule is CCn1ncc(C(=O)c2ccc(Cl)c(Cn3nnn(C4CC4)c3=O)c2Cl)c1O. The van der Waals surface area contributed by atoms with E-state index in [2.05, 4.69) is 15.5 Å². The highest BCUT2D eigenvalue weighted by atomic mass is 35.5. The molecule has 1 aliphatic carbocycles. The molecular weight excluding hydrogens is 407 g/mol. The molecule has 0 unspecified atom stereocenters. The van der Waals surface area contributed by atoms with Crippen LogP contribution in [0, 0.1) is 0 Å². The van der Waals surface area contributed by atoms with E-state index in [0.29, 0.717) is 17.1 Å². The van der Waals surface area contributed by atoms with Crippen molar-refractivity contribution < 1.29 is 9.90 Å². The van der Waals surface area contributed by atoms with Crippen LogP contribution in [0.4, 0.5) is 0 Å². The van der Waals surface area contributed by atoms with E-state index >= 15 is 0 Å². The zero-order chi connectivity index (χ0) is 20.0. The average Bonchev–Trinajstić information content (AvgIpc) is 3.35. The van der Waals surface area contributed by atoms with Gasteiger partial charge in [-0.3, -0.25) is 4.79 Å². The first-order valence-corrected chi connectivity index (χ1v) is 9.46. The number of aryl methyl sites for hydroxylation is 1. The van der Waals surface area contributed by atoms with Gasteiger partial charge in [0.1, 0.15) is 5.56 Å². The largest absolute Gasteiger partial charge is 0.493 e. The predicted molar refractivity (Wildman–Crippen MR) is 101 cm³/mol. The van der Waals surface area contributed by atoms with Gasteiger partial charge < -0.3 is 5.11 Å². The smallest absolute Gasteiger partial charge is 0.364 e. The Morgan fingerprint density at radius 1 is 1.21 bits per heavy atom. The second-order valence-electron chi connectivity index (χ2n) is 6.51. The Morgan fingerprint density at radius 2 is 1.96 bits per heavy atom. The monoisotopic (exact) mass is 422 g/mol. The molecule has 4 rings (SSSR count). The molecule has 0 amide bonds. The van der Waals surface area contributed by atoms with Crippen molar-refractivity contribution in [3.05, 3.63) is 55.5 Å². The molecule has 0 atom stereocenters. The maximum atomic E-state index is 12.9. The van der Waals surface area contributed by atoms with Crippen LogP contribution in [0.1, 0.15) is 47.3 Å². The topological polar surface area (TPSA) is 108 Å². The first-order chi connectivity index (χ1) is 13.4. The molecule has 1 saturated carbocycles. The highest BCUT2D eigenvalue weighted by Crippen LogP contribution is 2.33. The van der Waals surface area contributed by atoms with Gasteiger partial charge in [0, 0.05) is 22.7 Å². The summed E-state index contributed by atoms with van der Waals surface area (Å²) in [6.45, 7) is 2.18. The van der Waals surface area contributed by atoms with E-state index in [0.717, 1.165) is 17.5 Å². The summed E-state index contributed by atoms with van der Waals surface area (Å²) >= 11 is 12.7. The maximum absolute atomic E-state index is 12.9. The van der Waals surface area contributed by atoms with Crippen molar-refractivity contribution in [3.63, 3.8) is 0 Å². The van der Waals surface area contributed by atoms with E-state index < -0.39 is 5.78 Å². The van der Waals surface area contributed by atoms with Crippen LogP contribution in [-0.2, 0) is 13.1 Å². The van der Waals surface area contributed by atoms with Crippen LogP contribution < -0.4 is 5.69 Å². The number of aromatic nitrogens is 6. The number of carbonyl (C=O) groups excluding carboxylic acids is 1. The molecule has 0 aliphatic heterocycles. The lowest BCUT2D eigenvalue weighted by atomic mass is 10.0. The summed E-state index contributed by atoms with van der Waals surface area (Å²) in [5.74, 6) is -0.724. The van der Waals surface area contributed by atoms with Gasteiger partial charge in [-0.1, -0.05) is 23.2 Å². The third-order valence-electron chi connectivity index (χ3n) is 4.65. The summed E-state index contributed by atoms with van der Waals surface area (Å²) in [6.07, 6.45) is 3.09. The molecule has 2 aromatic heterocycles. The van der Waals surface area contributed by atoms with Gasteiger partial charge in [0.2, 0.25) is 11.7 Å². The molecule has 0 radical (unpaired) electrons. The third kappa shape index (κ3) is 3.10. The number of halogens is 2. The fraction of sp³-hybridized carbons (Fsp3) is 0.353. The Bertz CT molecular complexity index is 1130. The molecule has 28 heavy (non-hydrogen) atoms. The van der Waals surface area contributed by atoms with Crippen LogP contribution >= 0.6 is 23.2 Å². The Morgan fingerprint density at radius 3 is 2.61 bits per heavy atom. The average molecular weight is 423 g/mol. The number of hydrogen-bond acceptors (Lipinski definition) is 6. The fourth-order valence-electron chi connectivity index (χ4n) is 2.92. The highest BCUT2D eigenvalue weighted by molar-refractivity contribution is 6.38. The van der Waals surface area contributed by atoms with Crippen molar-refractivity contribution in [2.45, 2.75) is 38.9 Å². The molecule has 146 valence electrons. The van der Waals surface area contributed by atoms with Crippen molar-refractivity contribution in [2.24, 2.45) is 0 Å². The number of aromatic hydroxyl groups is 1. The molecule has 11 heteroatoms. The molecule has 2 heterocycles. The Labute approximate surface area is 169 Å². The number of nitrogens with zero attached hydrogens (tertiary/aromatic N) is 6. The number of tetrazole rings is 1. The fourth-order valence-corrected chi connectivity index (χ4v) is 3.49. The molecule has 1 N–H and O–H groups in total. The van der Waals surface area contributed by atoms with Crippen LogP contribution in [0.25, 0.3) is 0 Å². The first-order valence-electron chi connectivity index (χ1n) is 8.71. The zero-order valence-corrected chi connectivity index (χ0v) is 16.4. The number of ketones is 1. The van der Waals surface area contributed by atoms with Crippen LogP contribution in [0.2, 0.25) is 10.0 Å². The molecule has 1 aliphatic rings. The summed E-state index contributed by atoms with van der Waals surface area (Å²) in [4.78, 5) is 25.3. The summed E-state index contributed by atoms with van der Waals surface area (Å²) in [5, 5.41) is 22.3. The molecule has 0 bridgehead atoms. The summed E-state index contributed by atoms with van der Waals surface area (Å²) < 4.78 is 3.80. The number of benzene rings is 1. The van der Waals surface area contributed by atoms with Gasteiger partial charge in [-0.05, 0) is 42.3 Å². The Kier molecular flexibility index (Phi) is 4.72. The maximum Gasteiger partial charge on any atom is 0.364 e. The lowest BCUT2D eigenvalue weighted by Crippen LogP contribution is -2.25. The molecule has 9 nitrogen and oxygen atoms in total.